The third kappa shape index (κ3) is 9.96. The van der Waals surface area contributed by atoms with E-state index >= 15 is 0 Å². The van der Waals surface area contributed by atoms with Crippen LogP contribution in [0.15, 0.2) is 54.6 Å². The van der Waals surface area contributed by atoms with E-state index in [0.29, 0.717) is 5.56 Å². The third-order valence-electron chi connectivity index (χ3n) is 5.65. The van der Waals surface area contributed by atoms with E-state index in [1.54, 1.807) is 53.7 Å². The van der Waals surface area contributed by atoms with E-state index in [-0.39, 0.29) is 25.1 Å². The van der Waals surface area contributed by atoms with Gasteiger partial charge in [-0.05, 0) is 71.2 Å². The molecular weight excluding hydrogens is 500 g/mol. The number of nitrogens with zero attached hydrogens (tertiary/aromatic N) is 1. The van der Waals surface area contributed by atoms with Crippen molar-refractivity contribution in [1.82, 2.24) is 15.5 Å². The number of nitrogens with two attached hydrogens (primary N) is 1. The van der Waals surface area contributed by atoms with E-state index in [0.717, 1.165) is 5.56 Å². The van der Waals surface area contributed by atoms with Crippen LogP contribution in [0.25, 0.3) is 0 Å². The van der Waals surface area contributed by atoms with Crippen molar-refractivity contribution in [1.29, 1.82) is 0 Å². The highest BCUT2D eigenvalue weighted by atomic mass is 16.6. The molecule has 0 saturated carbocycles. The molecule has 2 aromatic rings. The molecule has 0 spiro atoms. The summed E-state index contributed by atoms with van der Waals surface area (Å²) in [6, 6.07) is 13.0. The number of nitrogens with one attached hydrogen (secondary N) is 2. The number of ether oxygens (including phenoxy) is 1. The first kappa shape index (κ1) is 31.1. The summed E-state index contributed by atoms with van der Waals surface area (Å²) in [5.74, 6) is -1.69. The fourth-order valence-corrected chi connectivity index (χ4v) is 3.96. The van der Waals surface area contributed by atoms with Crippen LogP contribution in [0, 0.1) is 0 Å². The largest absolute Gasteiger partial charge is 0.508 e. The van der Waals surface area contributed by atoms with Crippen LogP contribution < -0.4 is 16.4 Å². The van der Waals surface area contributed by atoms with Crippen molar-refractivity contribution in [2.75, 3.05) is 0 Å². The lowest BCUT2D eigenvalue weighted by atomic mass is 9.94. The van der Waals surface area contributed by atoms with Gasteiger partial charge >= 0.3 is 6.09 Å². The Hall–Kier alpha value is -4.08. The quantitative estimate of drug-likeness (QED) is 0.362. The average Bonchev–Trinajstić information content (AvgIpc) is 2.82. The second-order valence-corrected chi connectivity index (χ2v) is 11.3. The van der Waals surface area contributed by atoms with Crippen molar-refractivity contribution in [2.45, 2.75) is 84.2 Å². The van der Waals surface area contributed by atoms with Gasteiger partial charge in [0.05, 0.1) is 0 Å². The van der Waals surface area contributed by atoms with Crippen LogP contribution >= 0.6 is 0 Å². The lowest BCUT2D eigenvalue weighted by molar-refractivity contribution is -0.148. The van der Waals surface area contributed by atoms with Crippen LogP contribution in [0.4, 0.5) is 4.79 Å². The molecule has 39 heavy (non-hydrogen) atoms. The SMILES string of the molecule is CC(C)(C)OC(=O)NC(CCC(N)=O)C(=O)N(C(C(=O)NCc1ccccc1)c1ccc(O)cc1)C(C)(C)C. The van der Waals surface area contributed by atoms with E-state index in [1.807, 2.05) is 30.3 Å². The summed E-state index contributed by atoms with van der Waals surface area (Å²) in [5.41, 5.74) is 4.93. The van der Waals surface area contributed by atoms with Crippen LogP contribution in [0.3, 0.4) is 0 Å². The Morgan fingerprint density at radius 1 is 0.949 bits per heavy atom. The Morgan fingerprint density at radius 3 is 2.05 bits per heavy atom. The van der Waals surface area contributed by atoms with E-state index in [2.05, 4.69) is 10.6 Å². The lowest BCUT2D eigenvalue weighted by Gasteiger charge is -2.43. The number of aromatic hydroxyl groups is 1. The van der Waals surface area contributed by atoms with Crippen LogP contribution in [0.5, 0.6) is 5.75 Å². The molecule has 0 radical (unpaired) electrons. The summed E-state index contributed by atoms with van der Waals surface area (Å²) in [7, 11) is 0. The van der Waals surface area contributed by atoms with Crippen molar-refractivity contribution in [3.63, 3.8) is 0 Å². The number of primary amides is 1. The van der Waals surface area contributed by atoms with Crippen LogP contribution in [-0.4, -0.2) is 51.0 Å². The Bertz CT molecular complexity index is 1140. The Morgan fingerprint density at radius 2 is 1.54 bits per heavy atom. The molecular formula is C29H40N4O6. The summed E-state index contributed by atoms with van der Waals surface area (Å²) in [6.07, 6.45) is -1.10. The van der Waals surface area contributed by atoms with Crippen molar-refractivity contribution >= 4 is 23.8 Å². The van der Waals surface area contributed by atoms with Crippen LogP contribution in [-0.2, 0) is 25.7 Å². The molecule has 0 heterocycles. The zero-order valence-corrected chi connectivity index (χ0v) is 23.5. The number of phenols is 1. The molecule has 0 fully saturated rings. The number of amides is 4. The maximum Gasteiger partial charge on any atom is 0.408 e. The number of phenolic OH excluding ortho intramolecular Hbond substituents is 1. The normalized spacial score (nSPS) is 13.1. The molecule has 212 valence electrons. The monoisotopic (exact) mass is 540 g/mol. The first-order valence-electron chi connectivity index (χ1n) is 12.8. The first-order valence-corrected chi connectivity index (χ1v) is 12.8. The number of carbonyl (C=O) groups excluding carboxylic acids is 4. The molecule has 5 N–H and O–H groups in total. The topological polar surface area (TPSA) is 151 Å². The third-order valence-corrected chi connectivity index (χ3v) is 5.65. The van der Waals surface area contributed by atoms with Gasteiger partial charge in [-0.15, -0.1) is 0 Å². The molecule has 10 heteroatoms. The summed E-state index contributed by atoms with van der Waals surface area (Å²) in [4.78, 5) is 53.5. The summed E-state index contributed by atoms with van der Waals surface area (Å²) in [5, 5.41) is 15.3. The van der Waals surface area contributed by atoms with Crippen LogP contribution in [0.1, 0.15) is 71.6 Å². The molecule has 10 nitrogen and oxygen atoms in total. The predicted octanol–water partition coefficient (Wildman–Crippen LogP) is 3.54. The highest BCUT2D eigenvalue weighted by Crippen LogP contribution is 2.31. The lowest BCUT2D eigenvalue weighted by Crippen LogP contribution is -2.58. The fourth-order valence-electron chi connectivity index (χ4n) is 3.96. The van der Waals surface area contributed by atoms with E-state index in [1.165, 1.54) is 17.0 Å². The molecule has 0 aliphatic carbocycles. The van der Waals surface area contributed by atoms with Crippen LogP contribution in [0.2, 0.25) is 0 Å². The Labute approximate surface area is 229 Å². The zero-order valence-electron chi connectivity index (χ0n) is 23.5. The molecule has 4 amide bonds. The predicted molar refractivity (Wildman–Crippen MR) is 147 cm³/mol. The first-order chi connectivity index (χ1) is 18.1. The molecule has 0 aliphatic rings. The molecule has 0 saturated heterocycles. The van der Waals surface area contributed by atoms with E-state index in [9.17, 15) is 24.3 Å². The second-order valence-electron chi connectivity index (χ2n) is 11.3. The Kier molecular flexibility index (Phi) is 10.5. The molecule has 2 atom stereocenters. The number of benzene rings is 2. The number of hydrogen-bond donors (Lipinski definition) is 4. The van der Waals surface area contributed by atoms with E-state index in [4.69, 9.17) is 10.5 Å². The summed E-state index contributed by atoms with van der Waals surface area (Å²) < 4.78 is 5.34. The van der Waals surface area contributed by atoms with Gasteiger partial charge in [0.1, 0.15) is 23.4 Å². The Balaban J connectivity index is 2.51. The smallest absolute Gasteiger partial charge is 0.408 e. The number of alkyl carbamates (subject to hydrolysis) is 1. The minimum absolute atomic E-state index is 0.00163. The van der Waals surface area contributed by atoms with Gasteiger partial charge in [-0.25, -0.2) is 4.79 Å². The summed E-state index contributed by atoms with van der Waals surface area (Å²) in [6.45, 7) is 10.6. The zero-order chi connectivity index (χ0) is 29.4. The van der Waals surface area contributed by atoms with Crippen molar-refractivity contribution < 1.29 is 29.0 Å². The van der Waals surface area contributed by atoms with Gasteiger partial charge in [0.25, 0.3) is 0 Å². The van der Waals surface area contributed by atoms with Crippen molar-refractivity contribution in [3.8, 4) is 5.75 Å². The van der Waals surface area contributed by atoms with Crippen molar-refractivity contribution in [3.05, 3.63) is 65.7 Å². The molecule has 2 unspecified atom stereocenters. The average molecular weight is 541 g/mol. The number of carbonyl (C=O) groups is 4. The van der Waals surface area contributed by atoms with Gasteiger partial charge in [0, 0.05) is 18.5 Å². The highest BCUT2D eigenvalue weighted by molar-refractivity contribution is 5.93. The second kappa shape index (κ2) is 13.1. The molecule has 2 aromatic carbocycles. The minimum Gasteiger partial charge on any atom is -0.508 e. The molecule has 2 rings (SSSR count). The van der Waals surface area contributed by atoms with Gasteiger partial charge < -0.3 is 31.1 Å². The maximum atomic E-state index is 14.1. The van der Waals surface area contributed by atoms with Gasteiger partial charge in [0.15, 0.2) is 0 Å². The van der Waals surface area contributed by atoms with Gasteiger partial charge in [-0.2, -0.15) is 0 Å². The van der Waals surface area contributed by atoms with Gasteiger partial charge in [-0.3, -0.25) is 14.4 Å². The molecule has 0 bridgehead atoms. The van der Waals surface area contributed by atoms with Crippen molar-refractivity contribution in [2.24, 2.45) is 5.73 Å². The minimum atomic E-state index is -1.20. The molecule has 0 aliphatic heterocycles. The summed E-state index contributed by atoms with van der Waals surface area (Å²) >= 11 is 0. The number of hydrogen-bond acceptors (Lipinski definition) is 6. The van der Waals surface area contributed by atoms with Gasteiger partial charge in [0.2, 0.25) is 17.7 Å². The maximum absolute atomic E-state index is 14.1. The van der Waals surface area contributed by atoms with Gasteiger partial charge in [-0.1, -0.05) is 42.5 Å². The standard InChI is InChI=1S/C29H40N4O6/c1-28(2,3)33(26(37)22(16-17-23(30)35)32-27(38)39-29(4,5)6)24(20-12-14-21(34)15-13-20)25(36)31-18-19-10-8-7-9-11-19/h7-15,22,24,34H,16-18H2,1-6H3,(H2,30,35)(H,31,36)(H,32,38). The van der Waals surface area contributed by atoms with E-state index < -0.39 is 47.0 Å². The number of rotatable bonds is 10. The fraction of sp³-hybridized carbons (Fsp3) is 0.448. The highest BCUT2D eigenvalue weighted by Gasteiger charge is 2.41. The molecule has 0 aromatic heterocycles.